The molecule has 0 aliphatic carbocycles. The van der Waals surface area contributed by atoms with Crippen LogP contribution >= 0.6 is 0 Å². The van der Waals surface area contributed by atoms with Crippen molar-refractivity contribution in [1.82, 2.24) is 18.9 Å². The smallest absolute Gasteiger partial charge is 0.357 e. The Morgan fingerprint density at radius 2 is 2.12 bits per heavy atom. The number of hydrogen-bond donors (Lipinski definition) is 2. The van der Waals surface area contributed by atoms with E-state index >= 15 is 0 Å². The van der Waals surface area contributed by atoms with Gasteiger partial charge < -0.3 is 16.0 Å². The summed E-state index contributed by atoms with van der Waals surface area (Å²) in [4.78, 5) is 29.5. The fourth-order valence-electron chi connectivity index (χ4n) is 1.56. The van der Waals surface area contributed by atoms with Crippen LogP contribution in [0.5, 0.6) is 0 Å². The highest BCUT2D eigenvalue weighted by molar-refractivity contribution is 5.73. The van der Waals surface area contributed by atoms with E-state index in [-0.39, 0.29) is 18.3 Å². The summed E-state index contributed by atoms with van der Waals surface area (Å²) in [5.41, 5.74) is 9.98. The Labute approximate surface area is 95.9 Å². The van der Waals surface area contributed by atoms with E-state index in [1.807, 2.05) is 0 Å². The number of nitrogens with two attached hydrogens (primary N) is 2. The van der Waals surface area contributed by atoms with E-state index < -0.39 is 5.69 Å². The van der Waals surface area contributed by atoms with Gasteiger partial charge in [0.15, 0.2) is 0 Å². The zero-order valence-corrected chi connectivity index (χ0v) is 9.04. The number of fused-ring (bicyclic) bond motifs is 1. The van der Waals surface area contributed by atoms with E-state index in [4.69, 9.17) is 11.5 Å². The molecule has 2 aromatic rings. The molecule has 2 aromatic heterocycles. The molecule has 2 heterocycles. The summed E-state index contributed by atoms with van der Waals surface area (Å²) in [6, 6.07) is 0. The second-order valence-corrected chi connectivity index (χ2v) is 3.60. The molecule has 0 saturated carbocycles. The molecule has 0 spiro atoms. The lowest BCUT2D eigenvalue weighted by atomic mass is 10.3. The number of nitrogen functional groups attached to an aromatic ring is 1. The summed E-state index contributed by atoms with van der Waals surface area (Å²) >= 11 is 0. The van der Waals surface area contributed by atoms with Gasteiger partial charge in [0.1, 0.15) is 0 Å². The van der Waals surface area contributed by atoms with Gasteiger partial charge in [-0.15, -0.1) is 0 Å². The molecule has 0 unspecified atom stereocenters. The molecule has 0 atom stereocenters. The molecular formula is C9H12N6O2. The van der Waals surface area contributed by atoms with Crippen molar-refractivity contribution in [3.8, 4) is 0 Å². The molecule has 0 aliphatic rings. The van der Waals surface area contributed by atoms with Crippen molar-refractivity contribution < 1.29 is 4.79 Å². The number of amides is 1. The first kappa shape index (κ1) is 11.1. The predicted octanol–water partition coefficient (Wildman–Crippen LogP) is -1.26. The number of hydrogen-bond acceptors (Lipinski definition) is 5. The molecule has 8 nitrogen and oxygen atoms in total. The number of anilines is 1. The van der Waals surface area contributed by atoms with E-state index in [9.17, 15) is 9.59 Å². The van der Waals surface area contributed by atoms with Gasteiger partial charge in [-0.2, -0.15) is 9.97 Å². The van der Waals surface area contributed by atoms with Gasteiger partial charge in [-0.25, -0.2) is 9.20 Å². The Balaban J connectivity index is 2.29. The Hall–Kier alpha value is -2.38. The number of nitrogens with zero attached hydrogens (tertiary/aromatic N) is 4. The molecule has 0 saturated heterocycles. The van der Waals surface area contributed by atoms with Crippen LogP contribution in [0.3, 0.4) is 0 Å². The number of rotatable bonds is 4. The molecule has 17 heavy (non-hydrogen) atoms. The molecule has 0 fully saturated rings. The van der Waals surface area contributed by atoms with Crippen molar-refractivity contribution in [3.63, 3.8) is 0 Å². The van der Waals surface area contributed by atoms with Crippen LogP contribution in [-0.2, 0) is 11.3 Å². The van der Waals surface area contributed by atoms with Gasteiger partial charge in [0, 0.05) is 25.4 Å². The molecule has 0 bridgehead atoms. The Kier molecular flexibility index (Phi) is 2.77. The number of aromatic nitrogens is 4. The highest BCUT2D eigenvalue weighted by Gasteiger charge is 2.06. The first-order valence-corrected chi connectivity index (χ1v) is 5.07. The lowest BCUT2D eigenvalue weighted by Gasteiger charge is -2.02. The van der Waals surface area contributed by atoms with Crippen molar-refractivity contribution in [2.24, 2.45) is 5.73 Å². The number of imidazole rings is 1. The van der Waals surface area contributed by atoms with E-state index in [2.05, 4.69) is 9.97 Å². The highest BCUT2D eigenvalue weighted by Crippen LogP contribution is 2.03. The molecule has 4 N–H and O–H groups in total. The summed E-state index contributed by atoms with van der Waals surface area (Å²) in [6.45, 7) is 0.537. The summed E-state index contributed by atoms with van der Waals surface area (Å²) in [5.74, 6) is -0.00964. The van der Waals surface area contributed by atoms with Crippen LogP contribution in [0.2, 0.25) is 0 Å². The Bertz CT molecular complexity index is 613. The van der Waals surface area contributed by atoms with Crippen molar-refractivity contribution in [1.29, 1.82) is 0 Å². The van der Waals surface area contributed by atoms with Gasteiger partial charge in [-0.05, 0) is 6.42 Å². The van der Waals surface area contributed by atoms with Crippen molar-refractivity contribution in [2.75, 3.05) is 5.73 Å². The van der Waals surface area contributed by atoms with Crippen LogP contribution in [0.25, 0.3) is 5.78 Å². The predicted molar refractivity (Wildman–Crippen MR) is 60.1 cm³/mol. The monoisotopic (exact) mass is 236 g/mol. The average Bonchev–Trinajstić information content (AvgIpc) is 2.61. The zero-order valence-electron chi connectivity index (χ0n) is 9.04. The van der Waals surface area contributed by atoms with Gasteiger partial charge in [-0.1, -0.05) is 0 Å². The van der Waals surface area contributed by atoms with E-state index in [1.165, 1.54) is 4.40 Å². The molecule has 0 aliphatic heterocycles. The minimum absolute atomic E-state index is 0.0650. The maximum atomic E-state index is 11.4. The van der Waals surface area contributed by atoms with Crippen molar-refractivity contribution in [3.05, 3.63) is 22.9 Å². The topological polar surface area (TPSA) is 121 Å². The quantitative estimate of drug-likeness (QED) is 0.686. The molecule has 1 amide bonds. The minimum atomic E-state index is -0.471. The van der Waals surface area contributed by atoms with Crippen LogP contribution in [-0.4, -0.2) is 24.8 Å². The lowest BCUT2D eigenvalue weighted by molar-refractivity contribution is -0.118. The van der Waals surface area contributed by atoms with Gasteiger partial charge in [0.25, 0.3) is 0 Å². The van der Waals surface area contributed by atoms with Crippen LogP contribution in [0, 0.1) is 0 Å². The maximum absolute atomic E-state index is 11.4. The van der Waals surface area contributed by atoms with Gasteiger partial charge in [0.2, 0.25) is 17.6 Å². The third-order valence-electron chi connectivity index (χ3n) is 2.32. The lowest BCUT2D eigenvalue weighted by Crippen LogP contribution is -2.20. The molecule has 90 valence electrons. The molecule has 0 radical (unpaired) electrons. The van der Waals surface area contributed by atoms with Crippen LogP contribution < -0.4 is 17.2 Å². The summed E-state index contributed by atoms with van der Waals surface area (Å²) in [6.07, 6.45) is 4.11. The third-order valence-corrected chi connectivity index (χ3v) is 2.32. The van der Waals surface area contributed by atoms with Crippen molar-refractivity contribution >= 4 is 17.6 Å². The fraction of sp³-hybridized carbons (Fsp3) is 0.333. The second-order valence-electron chi connectivity index (χ2n) is 3.60. The average molecular weight is 236 g/mol. The molecule has 8 heteroatoms. The van der Waals surface area contributed by atoms with Gasteiger partial charge in [-0.3, -0.25) is 4.79 Å². The standard InChI is InChI=1S/C9H12N6O2/c10-6(16)2-1-3-14-4-5-15-8(14)12-7(11)13-9(15)17/h4-5H,1-3H2,(H2,10,16)(H2,11,13,17). The summed E-state index contributed by atoms with van der Waals surface area (Å²) in [7, 11) is 0. The normalized spacial score (nSPS) is 10.8. The first-order chi connectivity index (χ1) is 8.08. The third kappa shape index (κ3) is 2.25. The van der Waals surface area contributed by atoms with Crippen LogP contribution in [0.1, 0.15) is 12.8 Å². The van der Waals surface area contributed by atoms with Crippen molar-refractivity contribution in [2.45, 2.75) is 19.4 Å². The highest BCUT2D eigenvalue weighted by atomic mass is 16.1. The van der Waals surface area contributed by atoms with E-state index in [0.717, 1.165) is 0 Å². The SMILES string of the molecule is NC(=O)CCCn1ccn2c(=O)nc(N)nc12. The number of primary amides is 1. The van der Waals surface area contributed by atoms with E-state index in [1.54, 1.807) is 17.0 Å². The zero-order chi connectivity index (χ0) is 12.4. The number of aryl methyl sites for hydroxylation is 1. The largest absolute Gasteiger partial charge is 0.370 e. The summed E-state index contributed by atoms with van der Waals surface area (Å²) in [5, 5.41) is 0. The van der Waals surface area contributed by atoms with Crippen LogP contribution in [0.15, 0.2) is 17.2 Å². The fourth-order valence-corrected chi connectivity index (χ4v) is 1.56. The van der Waals surface area contributed by atoms with Gasteiger partial charge in [0.05, 0.1) is 0 Å². The molecular weight excluding hydrogens is 224 g/mol. The van der Waals surface area contributed by atoms with E-state index in [0.29, 0.717) is 18.7 Å². The Morgan fingerprint density at radius 3 is 2.82 bits per heavy atom. The van der Waals surface area contributed by atoms with Gasteiger partial charge >= 0.3 is 5.69 Å². The van der Waals surface area contributed by atoms with Crippen LogP contribution in [0.4, 0.5) is 5.95 Å². The minimum Gasteiger partial charge on any atom is -0.370 e. The maximum Gasteiger partial charge on any atom is 0.357 e. The second kappa shape index (κ2) is 4.24. The first-order valence-electron chi connectivity index (χ1n) is 5.07. The number of carbonyl (C=O) groups is 1. The molecule has 0 aromatic carbocycles. The summed E-state index contributed by atoms with van der Waals surface area (Å²) < 4.78 is 3.02. The molecule has 2 rings (SSSR count). The number of carbonyl (C=O) groups excluding carboxylic acids is 1. The Morgan fingerprint density at radius 1 is 1.35 bits per heavy atom.